The van der Waals surface area contributed by atoms with E-state index in [9.17, 15) is 0 Å². The standard InChI is InChI=1S/C9H6N2/c10-5-7-6-11-9-4-2-1-3-8(7)9/h1-4H,6H2. The molecule has 52 valence electrons. The van der Waals surface area contributed by atoms with E-state index in [1.54, 1.807) is 0 Å². The van der Waals surface area contributed by atoms with Crippen LogP contribution >= 0.6 is 0 Å². The molecule has 1 aliphatic heterocycles. The molecule has 0 amide bonds. The van der Waals surface area contributed by atoms with Gasteiger partial charge in [0.1, 0.15) is 0 Å². The summed E-state index contributed by atoms with van der Waals surface area (Å²) in [4.78, 5) is 4.19. The molecule has 0 saturated heterocycles. The zero-order valence-corrected chi connectivity index (χ0v) is 5.91. The minimum Gasteiger partial charge on any atom is -0.279 e. The van der Waals surface area contributed by atoms with Crippen LogP contribution in [0, 0.1) is 11.3 Å². The molecule has 0 aromatic heterocycles. The molecule has 11 heavy (non-hydrogen) atoms. The van der Waals surface area contributed by atoms with Crippen molar-refractivity contribution in [1.29, 1.82) is 5.26 Å². The number of nitriles is 1. The Morgan fingerprint density at radius 3 is 3.00 bits per heavy atom. The number of hydrogen-bond donors (Lipinski definition) is 0. The van der Waals surface area contributed by atoms with Crippen molar-refractivity contribution in [3.8, 4) is 6.07 Å². The van der Waals surface area contributed by atoms with Crippen molar-refractivity contribution in [1.82, 2.24) is 0 Å². The van der Waals surface area contributed by atoms with Crippen molar-refractivity contribution in [2.75, 3.05) is 6.54 Å². The topological polar surface area (TPSA) is 36.1 Å². The number of benzene rings is 1. The highest BCUT2D eigenvalue weighted by atomic mass is 14.7. The van der Waals surface area contributed by atoms with Crippen molar-refractivity contribution < 1.29 is 0 Å². The smallest absolute Gasteiger partial charge is 0.0974 e. The highest BCUT2D eigenvalue weighted by Gasteiger charge is 2.02. The molecule has 2 rings (SSSR count). The van der Waals surface area contributed by atoms with Crippen LogP contribution in [0.25, 0.3) is 5.57 Å². The maximum absolute atomic E-state index is 8.67. The van der Waals surface area contributed by atoms with E-state index in [0.717, 1.165) is 16.1 Å². The van der Waals surface area contributed by atoms with Gasteiger partial charge in [0.05, 0.1) is 23.5 Å². The lowest BCUT2D eigenvalue weighted by Crippen LogP contribution is -2.21. The summed E-state index contributed by atoms with van der Waals surface area (Å²) in [5.74, 6) is 0. The zero-order chi connectivity index (χ0) is 7.68. The largest absolute Gasteiger partial charge is 0.279 e. The lowest BCUT2D eigenvalue weighted by atomic mass is 10.2. The summed E-state index contributed by atoms with van der Waals surface area (Å²) in [6, 6.07) is 9.87. The summed E-state index contributed by atoms with van der Waals surface area (Å²) in [6.45, 7) is 0.551. The van der Waals surface area contributed by atoms with Crippen molar-refractivity contribution in [3.05, 3.63) is 34.8 Å². The molecule has 2 heteroatoms. The molecule has 0 fully saturated rings. The molecule has 1 heterocycles. The van der Waals surface area contributed by atoms with Crippen LogP contribution in [0.5, 0.6) is 0 Å². The van der Waals surface area contributed by atoms with Crippen molar-refractivity contribution in [3.63, 3.8) is 0 Å². The zero-order valence-electron chi connectivity index (χ0n) is 5.91. The molecule has 1 aromatic rings. The van der Waals surface area contributed by atoms with Crippen molar-refractivity contribution >= 4 is 5.57 Å². The van der Waals surface area contributed by atoms with E-state index >= 15 is 0 Å². The van der Waals surface area contributed by atoms with Crippen LogP contribution in [0.3, 0.4) is 0 Å². The highest BCUT2D eigenvalue weighted by Crippen LogP contribution is 1.93. The Morgan fingerprint density at radius 2 is 2.18 bits per heavy atom. The van der Waals surface area contributed by atoms with Gasteiger partial charge >= 0.3 is 0 Å². The molecule has 0 saturated carbocycles. The molecule has 0 N–H and O–H groups in total. The molecule has 0 unspecified atom stereocenters. The van der Waals surface area contributed by atoms with Gasteiger partial charge in [-0.1, -0.05) is 18.2 Å². The molecule has 1 aliphatic rings. The Bertz CT molecular complexity index is 437. The van der Waals surface area contributed by atoms with Gasteiger partial charge in [0.2, 0.25) is 0 Å². The fourth-order valence-electron chi connectivity index (χ4n) is 1.21. The molecule has 2 nitrogen and oxygen atoms in total. The van der Waals surface area contributed by atoms with E-state index in [0.29, 0.717) is 6.54 Å². The minimum absolute atomic E-state index is 0.551. The fourth-order valence-corrected chi connectivity index (χ4v) is 1.21. The predicted octanol–water partition coefficient (Wildman–Crippen LogP) is -0.00592. The van der Waals surface area contributed by atoms with Gasteiger partial charge in [-0.2, -0.15) is 5.26 Å². The fraction of sp³-hybridized carbons (Fsp3) is 0.111. The van der Waals surface area contributed by atoms with Crippen LogP contribution in [0.2, 0.25) is 0 Å². The van der Waals surface area contributed by atoms with Crippen molar-refractivity contribution in [2.45, 2.75) is 0 Å². The first-order valence-electron chi connectivity index (χ1n) is 3.44. The third kappa shape index (κ3) is 0.821. The Balaban J connectivity index is 2.93. The third-order valence-corrected chi connectivity index (χ3v) is 1.77. The summed E-state index contributed by atoms with van der Waals surface area (Å²) < 4.78 is 0. The van der Waals surface area contributed by atoms with Gasteiger partial charge in [-0.05, 0) is 6.07 Å². The van der Waals surface area contributed by atoms with Gasteiger partial charge < -0.3 is 0 Å². The van der Waals surface area contributed by atoms with E-state index in [2.05, 4.69) is 11.1 Å². The number of rotatable bonds is 0. The average molecular weight is 142 g/mol. The Hall–Kier alpha value is -1.62. The number of para-hydroxylation sites is 1. The molecule has 0 radical (unpaired) electrons. The van der Waals surface area contributed by atoms with Crippen LogP contribution in [0.1, 0.15) is 0 Å². The first-order chi connectivity index (χ1) is 5.42. The Kier molecular flexibility index (Phi) is 1.23. The normalized spacial score (nSPS) is 13.5. The Labute approximate surface area is 64.1 Å². The monoisotopic (exact) mass is 142 g/mol. The maximum Gasteiger partial charge on any atom is 0.0974 e. The van der Waals surface area contributed by atoms with E-state index < -0.39 is 0 Å². The second-order valence-electron chi connectivity index (χ2n) is 2.42. The van der Waals surface area contributed by atoms with Gasteiger partial charge in [0.15, 0.2) is 0 Å². The maximum atomic E-state index is 8.67. The predicted molar refractivity (Wildman–Crippen MR) is 41.1 cm³/mol. The summed E-state index contributed by atoms with van der Waals surface area (Å²) in [7, 11) is 0. The lowest BCUT2D eigenvalue weighted by Gasteiger charge is -1.81. The van der Waals surface area contributed by atoms with E-state index in [4.69, 9.17) is 5.26 Å². The molecule has 0 atom stereocenters. The Morgan fingerprint density at radius 1 is 1.36 bits per heavy atom. The van der Waals surface area contributed by atoms with Gasteiger partial charge in [0, 0.05) is 5.22 Å². The van der Waals surface area contributed by atoms with Crippen LogP contribution < -0.4 is 10.6 Å². The van der Waals surface area contributed by atoms with Crippen molar-refractivity contribution in [2.24, 2.45) is 4.99 Å². The summed E-state index contributed by atoms with van der Waals surface area (Å²) in [5, 5.41) is 10.6. The van der Waals surface area contributed by atoms with Crippen LogP contribution in [-0.4, -0.2) is 6.54 Å². The van der Waals surface area contributed by atoms with Gasteiger partial charge in [0.25, 0.3) is 0 Å². The van der Waals surface area contributed by atoms with Gasteiger partial charge in [-0.15, -0.1) is 0 Å². The van der Waals surface area contributed by atoms with E-state index in [1.165, 1.54) is 0 Å². The first-order valence-corrected chi connectivity index (χ1v) is 3.44. The second kappa shape index (κ2) is 2.21. The second-order valence-corrected chi connectivity index (χ2v) is 2.42. The summed E-state index contributed by atoms with van der Waals surface area (Å²) in [5.41, 5.74) is 0.778. The number of fused-ring (bicyclic) bond motifs is 1. The van der Waals surface area contributed by atoms with Gasteiger partial charge in [-0.3, -0.25) is 4.99 Å². The SMILES string of the molecule is N#CC1=c2ccccc2=NC1. The summed E-state index contributed by atoms with van der Waals surface area (Å²) >= 11 is 0. The first kappa shape index (κ1) is 6.11. The lowest BCUT2D eigenvalue weighted by molar-refractivity contribution is 1.21. The number of hydrogen-bond acceptors (Lipinski definition) is 2. The van der Waals surface area contributed by atoms with Crippen LogP contribution in [0.15, 0.2) is 29.3 Å². The molecular formula is C9H6N2. The molecular weight excluding hydrogens is 136 g/mol. The molecule has 0 spiro atoms. The molecule has 1 aromatic carbocycles. The third-order valence-electron chi connectivity index (χ3n) is 1.77. The van der Waals surface area contributed by atoms with Gasteiger partial charge in [-0.25, -0.2) is 0 Å². The molecule has 0 aliphatic carbocycles. The molecule has 0 bridgehead atoms. The van der Waals surface area contributed by atoms with E-state index in [-0.39, 0.29) is 0 Å². The minimum atomic E-state index is 0.551. The number of nitrogens with zero attached hydrogens (tertiary/aromatic N) is 2. The quantitative estimate of drug-likeness (QED) is 0.502. The van der Waals surface area contributed by atoms with Crippen LogP contribution in [-0.2, 0) is 0 Å². The highest BCUT2D eigenvalue weighted by molar-refractivity contribution is 5.62. The van der Waals surface area contributed by atoms with Crippen LogP contribution in [0.4, 0.5) is 0 Å². The van der Waals surface area contributed by atoms with E-state index in [1.807, 2.05) is 24.3 Å². The summed E-state index contributed by atoms with van der Waals surface area (Å²) in [6.07, 6.45) is 0. The average Bonchev–Trinajstić information content (AvgIpc) is 2.47.